The maximum atomic E-state index is 13.7. The smallest absolute Gasteiger partial charge is 0.336 e. The van der Waals surface area contributed by atoms with Gasteiger partial charge in [0.05, 0.1) is 7.11 Å². The van der Waals surface area contributed by atoms with Crippen molar-refractivity contribution >= 4 is 11.9 Å². The predicted octanol–water partition coefficient (Wildman–Crippen LogP) is 1.49. The van der Waals surface area contributed by atoms with Gasteiger partial charge in [0.25, 0.3) is 0 Å². The number of methoxy groups -OCH3 is 1. The number of hydrogen-bond donors (Lipinski definition) is 1. The number of rotatable bonds is 3. The Bertz CT molecular complexity index is 490. The summed E-state index contributed by atoms with van der Waals surface area (Å²) in [5.41, 5.74) is -2.06. The highest BCUT2D eigenvalue weighted by Gasteiger charge is 2.39. The second-order valence-electron chi connectivity index (χ2n) is 3.92. The molecule has 0 radical (unpaired) electrons. The minimum atomic E-state index is -1.77. The van der Waals surface area contributed by atoms with E-state index in [-0.39, 0.29) is 5.56 Å². The quantitative estimate of drug-likeness (QED) is 0.835. The molecule has 6 heteroatoms. The van der Waals surface area contributed by atoms with Crippen molar-refractivity contribution < 1.29 is 23.1 Å². The van der Waals surface area contributed by atoms with E-state index in [1.54, 1.807) is 0 Å². The summed E-state index contributed by atoms with van der Waals surface area (Å²) in [6.07, 6.45) is 0. The van der Waals surface area contributed by atoms with Gasteiger partial charge in [0.15, 0.2) is 5.54 Å². The number of amides is 1. The van der Waals surface area contributed by atoms with E-state index in [0.29, 0.717) is 0 Å². The monoisotopic (exact) mass is 257 g/mol. The first-order valence-electron chi connectivity index (χ1n) is 5.14. The molecule has 0 spiro atoms. The maximum Gasteiger partial charge on any atom is 0.336 e. The van der Waals surface area contributed by atoms with Crippen LogP contribution < -0.4 is 5.32 Å². The Morgan fingerprint density at radius 3 is 2.44 bits per heavy atom. The van der Waals surface area contributed by atoms with E-state index in [1.807, 2.05) is 0 Å². The lowest BCUT2D eigenvalue weighted by Gasteiger charge is -2.28. The number of esters is 1. The molecule has 0 aliphatic rings. The third kappa shape index (κ3) is 2.64. The molecule has 0 saturated carbocycles. The second kappa shape index (κ2) is 5.12. The van der Waals surface area contributed by atoms with E-state index < -0.39 is 29.0 Å². The minimum Gasteiger partial charge on any atom is -0.467 e. The van der Waals surface area contributed by atoms with Gasteiger partial charge < -0.3 is 10.1 Å². The molecular formula is C12H13F2NO3. The fraction of sp³-hybridized carbons (Fsp3) is 0.333. The summed E-state index contributed by atoms with van der Waals surface area (Å²) in [5, 5.41) is 2.27. The molecule has 1 atom stereocenters. The molecule has 0 bridgehead atoms. The molecule has 0 fully saturated rings. The highest BCUT2D eigenvalue weighted by molar-refractivity contribution is 5.88. The number of benzene rings is 1. The van der Waals surface area contributed by atoms with Crippen LogP contribution in [0.5, 0.6) is 0 Å². The molecule has 1 amide bonds. The first kappa shape index (κ1) is 14.1. The molecule has 0 heterocycles. The zero-order chi connectivity index (χ0) is 13.9. The normalized spacial score (nSPS) is 13.6. The van der Waals surface area contributed by atoms with Crippen molar-refractivity contribution in [3.05, 3.63) is 35.4 Å². The first-order valence-corrected chi connectivity index (χ1v) is 5.14. The van der Waals surface area contributed by atoms with Gasteiger partial charge in [-0.15, -0.1) is 0 Å². The highest BCUT2D eigenvalue weighted by Crippen LogP contribution is 2.26. The van der Waals surface area contributed by atoms with E-state index in [0.717, 1.165) is 25.3 Å². The number of hydrogen-bond acceptors (Lipinski definition) is 3. The lowest BCUT2D eigenvalue weighted by Crippen LogP contribution is -2.50. The van der Waals surface area contributed by atoms with E-state index in [4.69, 9.17) is 0 Å². The zero-order valence-corrected chi connectivity index (χ0v) is 10.2. The van der Waals surface area contributed by atoms with Gasteiger partial charge in [-0.05, 0) is 25.1 Å². The Labute approximate surface area is 103 Å². The van der Waals surface area contributed by atoms with Crippen LogP contribution in [-0.4, -0.2) is 19.0 Å². The van der Waals surface area contributed by atoms with Gasteiger partial charge >= 0.3 is 5.97 Å². The Kier molecular flexibility index (Phi) is 4.00. The summed E-state index contributed by atoms with van der Waals surface area (Å²) in [6.45, 7) is 2.41. The Balaban J connectivity index is 3.38. The van der Waals surface area contributed by atoms with Crippen molar-refractivity contribution in [2.75, 3.05) is 7.11 Å². The number of halogens is 2. The van der Waals surface area contributed by atoms with Crippen LogP contribution in [0.1, 0.15) is 19.4 Å². The summed E-state index contributed by atoms with van der Waals surface area (Å²) >= 11 is 0. The molecule has 1 rings (SSSR count). The molecule has 0 unspecified atom stereocenters. The van der Waals surface area contributed by atoms with Gasteiger partial charge in [0, 0.05) is 12.5 Å². The molecule has 0 aliphatic carbocycles. The van der Waals surface area contributed by atoms with Crippen LogP contribution >= 0.6 is 0 Å². The largest absolute Gasteiger partial charge is 0.467 e. The zero-order valence-electron chi connectivity index (χ0n) is 10.2. The van der Waals surface area contributed by atoms with Crippen molar-refractivity contribution in [1.29, 1.82) is 0 Å². The summed E-state index contributed by atoms with van der Waals surface area (Å²) in [5.74, 6) is -2.97. The molecule has 0 aromatic heterocycles. The maximum absolute atomic E-state index is 13.7. The fourth-order valence-corrected chi connectivity index (χ4v) is 1.67. The van der Waals surface area contributed by atoms with Crippen LogP contribution in [0.3, 0.4) is 0 Å². The number of nitrogens with one attached hydrogen (secondary N) is 1. The van der Waals surface area contributed by atoms with Crippen LogP contribution in [0.2, 0.25) is 0 Å². The number of ether oxygens (including phenoxy) is 1. The molecule has 4 nitrogen and oxygen atoms in total. The van der Waals surface area contributed by atoms with Gasteiger partial charge in [-0.1, -0.05) is 0 Å². The third-order valence-corrected chi connectivity index (χ3v) is 2.49. The van der Waals surface area contributed by atoms with Crippen LogP contribution in [0.15, 0.2) is 18.2 Å². The van der Waals surface area contributed by atoms with Gasteiger partial charge in [0.1, 0.15) is 11.6 Å². The van der Waals surface area contributed by atoms with Crippen molar-refractivity contribution in [2.24, 2.45) is 0 Å². The predicted molar refractivity (Wildman–Crippen MR) is 59.5 cm³/mol. The molecule has 18 heavy (non-hydrogen) atoms. The van der Waals surface area contributed by atoms with Crippen molar-refractivity contribution in [2.45, 2.75) is 19.4 Å². The van der Waals surface area contributed by atoms with Gasteiger partial charge in [0.2, 0.25) is 5.91 Å². The van der Waals surface area contributed by atoms with E-state index in [2.05, 4.69) is 10.1 Å². The van der Waals surface area contributed by atoms with E-state index >= 15 is 0 Å². The second-order valence-corrected chi connectivity index (χ2v) is 3.92. The van der Waals surface area contributed by atoms with Crippen LogP contribution in [0, 0.1) is 11.6 Å². The molecule has 98 valence electrons. The number of carbonyl (C=O) groups excluding carboxylic acids is 2. The van der Waals surface area contributed by atoms with E-state index in [9.17, 15) is 18.4 Å². The van der Waals surface area contributed by atoms with Crippen LogP contribution in [-0.2, 0) is 19.9 Å². The van der Waals surface area contributed by atoms with Crippen molar-refractivity contribution in [3.63, 3.8) is 0 Å². The van der Waals surface area contributed by atoms with Crippen molar-refractivity contribution in [1.82, 2.24) is 5.32 Å². The van der Waals surface area contributed by atoms with Gasteiger partial charge in [-0.2, -0.15) is 0 Å². The summed E-state index contributed by atoms with van der Waals surface area (Å²) in [4.78, 5) is 22.8. The third-order valence-electron chi connectivity index (χ3n) is 2.49. The summed E-state index contributed by atoms with van der Waals surface area (Å²) in [7, 11) is 1.10. The Morgan fingerprint density at radius 2 is 1.94 bits per heavy atom. The number of carbonyl (C=O) groups is 2. The standard InChI is InChI=1S/C12H13F2NO3/c1-7(16)15-12(2,11(17)18-3)9-6-8(13)4-5-10(9)14/h4-6H,1-3H3,(H,15,16)/t12-/m1/s1. The molecule has 0 saturated heterocycles. The average Bonchev–Trinajstić information content (AvgIpc) is 2.30. The molecule has 1 aromatic carbocycles. The summed E-state index contributed by atoms with van der Waals surface area (Å²) < 4.78 is 31.4. The molecular weight excluding hydrogens is 244 g/mol. The van der Waals surface area contributed by atoms with Crippen molar-refractivity contribution in [3.8, 4) is 0 Å². The SMILES string of the molecule is COC(=O)[C@](C)(NC(C)=O)c1cc(F)ccc1F. The van der Waals surface area contributed by atoms with Crippen LogP contribution in [0.4, 0.5) is 8.78 Å². The Morgan fingerprint density at radius 1 is 1.33 bits per heavy atom. The first-order chi connectivity index (χ1) is 8.31. The topological polar surface area (TPSA) is 55.4 Å². The average molecular weight is 257 g/mol. The van der Waals surface area contributed by atoms with Gasteiger partial charge in [-0.25, -0.2) is 13.6 Å². The van der Waals surface area contributed by atoms with E-state index in [1.165, 1.54) is 13.8 Å². The lowest BCUT2D eigenvalue weighted by atomic mass is 9.91. The lowest BCUT2D eigenvalue weighted by molar-refractivity contribution is -0.150. The summed E-state index contributed by atoms with van der Waals surface area (Å²) in [6, 6.07) is 2.65. The highest BCUT2D eigenvalue weighted by atomic mass is 19.1. The molecule has 1 N–H and O–H groups in total. The Hall–Kier alpha value is -1.98. The van der Waals surface area contributed by atoms with Gasteiger partial charge in [-0.3, -0.25) is 4.79 Å². The fourth-order valence-electron chi connectivity index (χ4n) is 1.67. The van der Waals surface area contributed by atoms with Crippen LogP contribution in [0.25, 0.3) is 0 Å². The molecule has 1 aromatic rings. The minimum absolute atomic E-state index is 0.287. The molecule has 0 aliphatic heterocycles.